The van der Waals surface area contributed by atoms with Gasteiger partial charge in [0.1, 0.15) is 0 Å². The van der Waals surface area contributed by atoms with Gasteiger partial charge in [0.25, 0.3) is 5.91 Å². The molecule has 2 aromatic rings. The zero-order chi connectivity index (χ0) is 17.6. The van der Waals surface area contributed by atoms with Gasteiger partial charge in [0, 0.05) is 23.1 Å². The molecule has 0 saturated heterocycles. The first-order valence-corrected chi connectivity index (χ1v) is 9.19. The minimum atomic E-state index is -0.500. The summed E-state index contributed by atoms with van der Waals surface area (Å²) in [7, 11) is 0. The third-order valence-electron chi connectivity index (χ3n) is 4.18. The number of benzene rings is 1. The van der Waals surface area contributed by atoms with E-state index in [1.165, 1.54) is 22.5 Å². The summed E-state index contributed by atoms with van der Waals surface area (Å²) in [6, 6.07) is 7.39. The molecule has 0 bridgehead atoms. The van der Waals surface area contributed by atoms with Gasteiger partial charge >= 0.3 is 5.97 Å². The molecule has 0 aliphatic heterocycles. The fourth-order valence-electron chi connectivity index (χ4n) is 2.82. The number of rotatable bonds is 7. The van der Waals surface area contributed by atoms with Crippen molar-refractivity contribution < 1.29 is 19.1 Å². The van der Waals surface area contributed by atoms with Gasteiger partial charge in [-0.15, -0.1) is 0 Å². The molecule has 0 atom stereocenters. The van der Waals surface area contributed by atoms with E-state index in [1.54, 1.807) is 17.5 Å². The minimum Gasteiger partial charge on any atom is -0.457 e. The molecule has 1 aliphatic rings. The number of carbonyl (C=O) groups is 3. The van der Waals surface area contributed by atoms with Gasteiger partial charge in [0.2, 0.25) is 0 Å². The molecule has 25 heavy (non-hydrogen) atoms. The molecule has 1 aromatic carbocycles. The standard InChI is InChI=1S/C19H19NO4S/c21-17(15-5-4-13-2-1-3-14(13)10-15)11-24-18(22)6-8-20-19(23)16-7-9-25-12-16/h4-5,7,9-10,12H,1-3,6,8,11H2,(H,20,23). The molecule has 1 amide bonds. The first-order valence-electron chi connectivity index (χ1n) is 8.24. The average Bonchev–Trinajstić information content (AvgIpc) is 3.30. The number of esters is 1. The quantitative estimate of drug-likeness (QED) is 0.611. The van der Waals surface area contributed by atoms with Crippen LogP contribution in [0.5, 0.6) is 0 Å². The van der Waals surface area contributed by atoms with Gasteiger partial charge in [-0.1, -0.05) is 12.1 Å². The summed E-state index contributed by atoms with van der Waals surface area (Å²) in [6.07, 6.45) is 3.22. The summed E-state index contributed by atoms with van der Waals surface area (Å²) in [5.41, 5.74) is 3.67. The first-order chi connectivity index (χ1) is 12.1. The fourth-order valence-corrected chi connectivity index (χ4v) is 3.46. The number of aryl methyl sites for hydroxylation is 2. The summed E-state index contributed by atoms with van der Waals surface area (Å²) in [5, 5.41) is 6.20. The van der Waals surface area contributed by atoms with E-state index in [2.05, 4.69) is 5.32 Å². The lowest BCUT2D eigenvalue weighted by Crippen LogP contribution is -2.26. The first kappa shape index (κ1) is 17.4. The monoisotopic (exact) mass is 357 g/mol. The fraction of sp³-hybridized carbons (Fsp3) is 0.316. The molecule has 0 radical (unpaired) electrons. The largest absolute Gasteiger partial charge is 0.457 e. The minimum absolute atomic E-state index is 0.0351. The molecule has 0 spiro atoms. The van der Waals surface area contributed by atoms with Gasteiger partial charge in [0.15, 0.2) is 12.4 Å². The van der Waals surface area contributed by atoms with Crippen LogP contribution < -0.4 is 5.32 Å². The highest BCUT2D eigenvalue weighted by Crippen LogP contribution is 2.23. The van der Waals surface area contributed by atoms with Crippen LogP contribution in [0.25, 0.3) is 0 Å². The smallest absolute Gasteiger partial charge is 0.308 e. The Morgan fingerprint density at radius 3 is 2.72 bits per heavy atom. The molecule has 1 aliphatic carbocycles. The average molecular weight is 357 g/mol. The number of fused-ring (bicyclic) bond motifs is 1. The number of hydrogen-bond donors (Lipinski definition) is 1. The molecule has 0 fully saturated rings. The lowest BCUT2D eigenvalue weighted by molar-refractivity contribution is -0.142. The zero-order valence-electron chi connectivity index (χ0n) is 13.7. The van der Waals surface area contributed by atoms with Gasteiger partial charge < -0.3 is 10.1 Å². The van der Waals surface area contributed by atoms with Crippen LogP contribution in [0.3, 0.4) is 0 Å². The van der Waals surface area contributed by atoms with Gasteiger partial charge in [-0.2, -0.15) is 11.3 Å². The molecule has 5 nitrogen and oxygen atoms in total. The predicted molar refractivity (Wildman–Crippen MR) is 95.0 cm³/mol. The molecular weight excluding hydrogens is 338 g/mol. The van der Waals surface area contributed by atoms with E-state index in [1.807, 2.05) is 17.5 Å². The van der Waals surface area contributed by atoms with Crippen LogP contribution in [0, 0.1) is 0 Å². The molecule has 130 valence electrons. The number of ketones is 1. The summed E-state index contributed by atoms with van der Waals surface area (Å²) in [6.45, 7) is -0.0867. The van der Waals surface area contributed by atoms with Crippen molar-refractivity contribution >= 4 is 29.0 Å². The Bertz CT molecular complexity index is 783. The Morgan fingerprint density at radius 2 is 1.92 bits per heavy atom. The van der Waals surface area contributed by atoms with E-state index < -0.39 is 5.97 Å². The van der Waals surface area contributed by atoms with E-state index in [0.29, 0.717) is 11.1 Å². The summed E-state index contributed by atoms with van der Waals surface area (Å²) in [5.74, 6) is -0.922. The van der Waals surface area contributed by atoms with Crippen molar-refractivity contribution in [2.24, 2.45) is 0 Å². The highest BCUT2D eigenvalue weighted by Gasteiger charge is 2.15. The van der Waals surface area contributed by atoms with Crippen molar-refractivity contribution in [3.05, 3.63) is 57.3 Å². The van der Waals surface area contributed by atoms with Gasteiger partial charge in [-0.05, 0) is 47.9 Å². The highest BCUT2D eigenvalue weighted by molar-refractivity contribution is 7.08. The molecule has 0 saturated carbocycles. The third kappa shape index (κ3) is 4.54. The number of hydrogen-bond acceptors (Lipinski definition) is 5. The SMILES string of the molecule is O=C(CCNC(=O)c1ccsc1)OCC(=O)c1ccc2c(c1)CCC2. The van der Waals surface area contributed by atoms with Crippen LogP contribution in [0.2, 0.25) is 0 Å². The highest BCUT2D eigenvalue weighted by atomic mass is 32.1. The van der Waals surface area contributed by atoms with Crippen LogP contribution in [0.1, 0.15) is 44.7 Å². The van der Waals surface area contributed by atoms with Crippen LogP contribution in [-0.2, 0) is 22.4 Å². The molecule has 3 rings (SSSR count). The number of amides is 1. The Balaban J connectivity index is 1.40. The second kappa shape index (κ2) is 8.07. The lowest BCUT2D eigenvalue weighted by Gasteiger charge is -2.07. The Kier molecular flexibility index (Phi) is 5.60. The predicted octanol–water partition coefficient (Wildman–Crippen LogP) is 2.78. The summed E-state index contributed by atoms with van der Waals surface area (Å²) >= 11 is 1.43. The van der Waals surface area contributed by atoms with Crippen LogP contribution in [-0.4, -0.2) is 30.8 Å². The maximum Gasteiger partial charge on any atom is 0.308 e. The Labute approximate surface area is 150 Å². The van der Waals surface area contributed by atoms with E-state index in [-0.39, 0.29) is 31.3 Å². The number of Topliss-reactive ketones (excluding diaryl/α,β-unsaturated/α-hetero) is 1. The van der Waals surface area contributed by atoms with E-state index >= 15 is 0 Å². The number of carbonyl (C=O) groups excluding carboxylic acids is 3. The number of ether oxygens (including phenoxy) is 1. The lowest BCUT2D eigenvalue weighted by atomic mass is 10.0. The molecule has 6 heteroatoms. The normalized spacial score (nSPS) is 12.5. The Hall–Kier alpha value is -2.47. The van der Waals surface area contributed by atoms with Crippen molar-refractivity contribution in [3.8, 4) is 0 Å². The van der Waals surface area contributed by atoms with E-state index in [0.717, 1.165) is 19.3 Å². The third-order valence-corrected chi connectivity index (χ3v) is 4.87. The Morgan fingerprint density at radius 1 is 1.08 bits per heavy atom. The summed E-state index contributed by atoms with van der Waals surface area (Å²) < 4.78 is 5.01. The van der Waals surface area contributed by atoms with E-state index in [4.69, 9.17) is 4.74 Å². The van der Waals surface area contributed by atoms with Crippen LogP contribution >= 0.6 is 11.3 Å². The van der Waals surface area contributed by atoms with Crippen molar-refractivity contribution in [1.82, 2.24) is 5.32 Å². The second-order valence-electron chi connectivity index (χ2n) is 5.94. The van der Waals surface area contributed by atoms with Gasteiger partial charge in [-0.3, -0.25) is 14.4 Å². The van der Waals surface area contributed by atoms with Crippen LogP contribution in [0.4, 0.5) is 0 Å². The second-order valence-corrected chi connectivity index (χ2v) is 6.72. The van der Waals surface area contributed by atoms with Crippen LogP contribution in [0.15, 0.2) is 35.0 Å². The van der Waals surface area contributed by atoms with Crippen molar-refractivity contribution in [1.29, 1.82) is 0 Å². The van der Waals surface area contributed by atoms with Crippen molar-refractivity contribution in [2.45, 2.75) is 25.7 Å². The van der Waals surface area contributed by atoms with Crippen molar-refractivity contribution in [2.75, 3.05) is 13.2 Å². The topological polar surface area (TPSA) is 72.5 Å². The molecule has 1 N–H and O–H groups in total. The molecule has 1 heterocycles. The number of nitrogens with one attached hydrogen (secondary N) is 1. The van der Waals surface area contributed by atoms with E-state index in [9.17, 15) is 14.4 Å². The molecule has 1 aromatic heterocycles. The number of thiophene rings is 1. The molecular formula is C19H19NO4S. The maximum absolute atomic E-state index is 12.1. The maximum atomic E-state index is 12.1. The zero-order valence-corrected chi connectivity index (χ0v) is 14.6. The van der Waals surface area contributed by atoms with Gasteiger partial charge in [0.05, 0.1) is 6.42 Å². The molecule has 0 unspecified atom stereocenters. The van der Waals surface area contributed by atoms with Gasteiger partial charge in [-0.25, -0.2) is 0 Å². The summed E-state index contributed by atoms with van der Waals surface area (Å²) in [4.78, 5) is 35.6. The van der Waals surface area contributed by atoms with Crippen molar-refractivity contribution in [3.63, 3.8) is 0 Å².